The summed E-state index contributed by atoms with van der Waals surface area (Å²) in [5.41, 5.74) is 2.92. The van der Waals surface area contributed by atoms with Crippen molar-refractivity contribution in [3.63, 3.8) is 0 Å². The topological polar surface area (TPSA) is 56.5 Å². The lowest BCUT2D eigenvalue weighted by atomic mass is 10.2. The zero-order valence-electron chi connectivity index (χ0n) is 15.5. The fourth-order valence-electron chi connectivity index (χ4n) is 2.93. The molecule has 0 saturated heterocycles. The minimum atomic E-state index is 0.537. The van der Waals surface area contributed by atoms with E-state index in [4.69, 9.17) is 11.6 Å². The Labute approximate surface area is 177 Å². The SMILES string of the molecule is CCn1c(SCc2cc3ccc(SC)cc3nc2Cl)nnc1-c1ccncc1. The van der Waals surface area contributed by atoms with Gasteiger partial charge in [0.2, 0.25) is 0 Å². The number of benzene rings is 1. The van der Waals surface area contributed by atoms with Crippen LogP contribution in [-0.4, -0.2) is 31.0 Å². The lowest BCUT2D eigenvalue weighted by Crippen LogP contribution is -2.00. The predicted octanol–water partition coefficient (Wildman–Crippen LogP) is 5.58. The summed E-state index contributed by atoms with van der Waals surface area (Å²) in [6.45, 7) is 2.88. The Morgan fingerprint density at radius 2 is 1.89 bits per heavy atom. The molecule has 0 unspecified atom stereocenters. The molecule has 3 aromatic heterocycles. The number of rotatable bonds is 6. The number of pyridine rings is 2. The Morgan fingerprint density at radius 3 is 2.64 bits per heavy atom. The minimum absolute atomic E-state index is 0.537. The van der Waals surface area contributed by atoms with Crippen LogP contribution in [0, 0.1) is 0 Å². The average Bonchev–Trinajstić information content (AvgIpc) is 3.15. The Balaban J connectivity index is 1.59. The Morgan fingerprint density at radius 1 is 1.07 bits per heavy atom. The van der Waals surface area contributed by atoms with Crippen LogP contribution in [0.2, 0.25) is 5.15 Å². The first kappa shape index (κ1) is 19.2. The fourth-order valence-corrected chi connectivity index (χ4v) is 4.63. The van der Waals surface area contributed by atoms with Gasteiger partial charge in [-0.1, -0.05) is 29.4 Å². The van der Waals surface area contributed by atoms with E-state index in [0.29, 0.717) is 10.9 Å². The second-order valence-corrected chi connectivity index (χ2v) is 8.25. The summed E-state index contributed by atoms with van der Waals surface area (Å²) < 4.78 is 2.10. The van der Waals surface area contributed by atoms with Crippen molar-refractivity contribution in [2.45, 2.75) is 29.3 Å². The molecule has 0 atom stereocenters. The van der Waals surface area contributed by atoms with E-state index in [9.17, 15) is 0 Å². The van der Waals surface area contributed by atoms with E-state index in [1.165, 1.54) is 4.90 Å². The van der Waals surface area contributed by atoms with E-state index in [2.05, 4.69) is 62.2 Å². The molecular formula is C20H18ClN5S2. The van der Waals surface area contributed by atoms with Crippen molar-refractivity contribution in [3.05, 3.63) is 59.5 Å². The van der Waals surface area contributed by atoms with Gasteiger partial charge in [0.25, 0.3) is 0 Å². The van der Waals surface area contributed by atoms with E-state index in [-0.39, 0.29) is 0 Å². The van der Waals surface area contributed by atoms with Gasteiger partial charge in [0.15, 0.2) is 11.0 Å². The highest BCUT2D eigenvalue weighted by Crippen LogP contribution is 2.30. The molecule has 0 fully saturated rings. The molecular weight excluding hydrogens is 410 g/mol. The zero-order chi connectivity index (χ0) is 19.5. The van der Waals surface area contributed by atoms with Crippen molar-refractivity contribution in [3.8, 4) is 11.4 Å². The van der Waals surface area contributed by atoms with Crippen molar-refractivity contribution in [1.29, 1.82) is 0 Å². The van der Waals surface area contributed by atoms with Gasteiger partial charge in [0.05, 0.1) is 5.52 Å². The van der Waals surface area contributed by atoms with Crippen LogP contribution in [0.1, 0.15) is 12.5 Å². The van der Waals surface area contributed by atoms with Gasteiger partial charge in [0, 0.05) is 46.1 Å². The molecule has 0 aliphatic rings. The van der Waals surface area contributed by atoms with Crippen molar-refractivity contribution in [2.75, 3.05) is 6.26 Å². The number of hydrogen-bond acceptors (Lipinski definition) is 6. The molecule has 0 bridgehead atoms. The van der Waals surface area contributed by atoms with Gasteiger partial charge >= 0.3 is 0 Å². The monoisotopic (exact) mass is 427 g/mol. The van der Waals surface area contributed by atoms with Crippen LogP contribution >= 0.6 is 35.1 Å². The molecule has 142 valence electrons. The predicted molar refractivity (Wildman–Crippen MR) is 117 cm³/mol. The number of halogens is 1. The molecule has 0 aliphatic heterocycles. The van der Waals surface area contributed by atoms with Crippen molar-refractivity contribution >= 4 is 46.0 Å². The summed E-state index contributed by atoms with van der Waals surface area (Å²) in [5, 5.41) is 11.2. The second kappa shape index (κ2) is 8.51. The van der Waals surface area contributed by atoms with E-state index in [1.54, 1.807) is 35.9 Å². The molecule has 4 rings (SSSR count). The van der Waals surface area contributed by atoms with Crippen molar-refractivity contribution < 1.29 is 0 Å². The lowest BCUT2D eigenvalue weighted by Gasteiger charge is -2.09. The normalized spacial score (nSPS) is 11.2. The van der Waals surface area contributed by atoms with Crippen molar-refractivity contribution in [1.82, 2.24) is 24.7 Å². The summed E-state index contributed by atoms with van der Waals surface area (Å²) in [6, 6.07) is 12.3. The third-order valence-corrected chi connectivity index (χ3v) is 6.45. The van der Waals surface area contributed by atoms with E-state index in [1.807, 2.05) is 12.1 Å². The first-order valence-electron chi connectivity index (χ1n) is 8.79. The van der Waals surface area contributed by atoms with Gasteiger partial charge in [-0.05, 0) is 43.5 Å². The maximum atomic E-state index is 6.46. The average molecular weight is 428 g/mol. The molecule has 0 amide bonds. The highest BCUT2D eigenvalue weighted by atomic mass is 35.5. The minimum Gasteiger partial charge on any atom is -0.302 e. The quantitative estimate of drug-likeness (QED) is 0.296. The first-order chi connectivity index (χ1) is 13.7. The number of aromatic nitrogens is 5. The fraction of sp³-hybridized carbons (Fsp3) is 0.200. The molecule has 4 aromatic rings. The van der Waals surface area contributed by atoms with E-state index < -0.39 is 0 Å². The van der Waals surface area contributed by atoms with Gasteiger partial charge in [-0.15, -0.1) is 22.0 Å². The van der Waals surface area contributed by atoms with Gasteiger partial charge in [-0.3, -0.25) is 4.98 Å². The maximum Gasteiger partial charge on any atom is 0.191 e. The van der Waals surface area contributed by atoms with Crippen LogP contribution < -0.4 is 0 Å². The number of fused-ring (bicyclic) bond motifs is 1. The van der Waals surface area contributed by atoms with Gasteiger partial charge < -0.3 is 4.57 Å². The number of nitrogens with zero attached hydrogens (tertiary/aromatic N) is 5. The third-order valence-electron chi connectivity index (χ3n) is 4.38. The molecule has 0 N–H and O–H groups in total. The molecule has 0 saturated carbocycles. The Bertz CT molecular complexity index is 1110. The van der Waals surface area contributed by atoms with E-state index in [0.717, 1.165) is 39.6 Å². The van der Waals surface area contributed by atoms with Crippen LogP contribution in [0.25, 0.3) is 22.3 Å². The zero-order valence-corrected chi connectivity index (χ0v) is 17.9. The van der Waals surface area contributed by atoms with Gasteiger partial charge in [-0.2, -0.15) is 0 Å². The summed E-state index contributed by atoms with van der Waals surface area (Å²) in [5.74, 6) is 1.53. The summed E-state index contributed by atoms with van der Waals surface area (Å²) in [6.07, 6.45) is 5.58. The van der Waals surface area contributed by atoms with Crippen LogP contribution in [0.4, 0.5) is 0 Å². The number of thioether (sulfide) groups is 2. The summed E-state index contributed by atoms with van der Waals surface area (Å²) >= 11 is 9.77. The van der Waals surface area contributed by atoms with Crippen molar-refractivity contribution in [2.24, 2.45) is 0 Å². The largest absolute Gasteiger partial charge is 0.302 e. The third kappa shape index (κ3) is 3.87. The maximum absolute atomic E-state index is 6.46. The number of hydrogen-bond donors (Lipinski definition) is 0. The second-order valence-electron chi connectivity index (χ2n) is 6.07. The lowest BCUT2D eigenvalue weighted by molar-refractivity contribution is 0.687. The summed E-state index contributed by atoms with van der Waals surface area (Å²) in [4.78, 5) is 9.83. The highest BCUT2D eigenvalue weighted by molar-refractivity contribution is 7.98. The Kier molecular flexibility index (Phi) is 5.85. The van der Waals surface area contributed by atoms with Crippen LogP contribution in [-0.2, 0) is 12.3 Å². The first-order valence-corrected chi connectivity index (χ1v) is 11.4. The summed E-state index contributed by atoms with van der Waals surface area (Å²) in [7, 11) is 0. The molecule has 0 spiro atoms. The molecule has 5 nitrogen and oxygen atoms in total. The van der Waals surface area contributed by atoms with Crippen LogP contribution in [0.3, 0.4) is 0 Å². The smallest absolute Gasteiger partial charge is 0.191 e. The molecule has 1 aromatic carbocycles. The highest BCUT2D eigenvalue weighted by Gasteiger charge is 2.14. The Hall–Kier alpha value is -2.09. The molecule has 28 heavy (non-hydrogen) atoms. The van der Waals surface area contributed by atoms with Gasteiger partial charge in [-0.25, -0.2) is 4.98 Å². The molecule has 0 radical (unpaired) electrons. The van der Waals surface area contributed by atoms with E-state index >= 15 is 0 Å². The van der Waals surface area contributed by atoms with Crippen LogP contribution in [0.15, 0.2) is 58.8 Å². The molecule has 8 heteroatoms. The standard InChI is InChI=1S/C20H18ClN5S2/c1-3-26-19(13-6-8-22-9-7-13)24-25-20(26)28-12-15-10-14-4-5-16(27-2)11-17(14)23-18(15)21/h4-11H,3,12H2,1-2H3. The van der Waals surface area contributed by atoms with Gasteiger partial charge in [0.1, 0.15) is 5.15 Å². The molecule has 3 heterocycles. The molecule has 0 aliphatic carbocycles. The van der Waals surface area contributed by atoms with Crippen LogP contribution in [0.5, 0.6) is 0 Å².